The maximum Gasteiger partial charge on any atom is 0.0698 e. The second-order valence-electron chi connectivity index (χ2n) is 4.20. The highest BCUT2D eigenvalue weighted by Crippen LogP contribution is 2.21. The molecule has 1 heterocycles. The summed E-state index contributed by atoms with van der Waals surface area (Å²) in [5.41, 5.74) is 0. The van der Waals surface area contributed by atoms with Crippen molar-refractivity contribution in [3.8, 4) is 0 Å². The standard InChI is InChI=1S/C11H23NO2/c1-10-4-3-5-11(2)12(10)6-8-14-9-7-13/h10-11,13H,3-9H2,1-2H3/t10-,11+. The largest absolute Gasteiger partial charge is 0.394 e. The van der Waals surface area contributed by atoms with Crippen LogP contribution in [0, 0.1) is 0 Å². The number of aliphatic hydroxyl groups excluding tert-OH is 1. The number of nitrogens with zero attached hydrogens (tertiary/aromatic N) is 1. The number of hydrogen-bond acceptors (Lipinski definition) is 3. The van der Waals surface area contributed by atoms with E-state index < -0.39 is 0 Å². The van der Waals surface area contributed by atoms with Gasteiger partial charge in [0.25, 0.3) is 0 Å². The first-order valence-corrected chi connectivity index (χ1v) is 5.70. The highest BCUT2D eigenvalue weighted by Gasteiger charge is 2.23. The molecule has 3 nitrogen and oxygen atoms in total. The minimum atomic E-state index is 0.130. The van der Waals surface area contributed by atoms with Crippen molar-refractivity contribution in [1.82, 2.24) is 4.90 Å². The summed E-state index contributed by atoms with van der Waals surface area (Å²) >= 11 is 0. The molecule has 1 aliphatic heterocycles. The van der Waals surface area contributed by atoms with E-state index in [1.807, 2.05) is 0 Å². The molecule has 0 aromatic heterocycles. The van der Waals surface area contributed by atoms with Crippen LogP contribution in [0.1, 0.15) is 33.1 Å². The number of likely N-dealkylation sites (tertiary alicyclic amines) is 1. The Balaban J connectivity index is 2.19. The molecule has 2 atom stereocenters. The molecule has 84 valence electrons. The third-order valence-electron chi connectivity index (χ3n) is 3.11. The summed E-state index contributed by atoms with van der Waals surface area (Å²) in [6.45, 7) is 6.93. The van der Waals surface area contributed by atoms with Gasteiger partial charge in [0.05, 0.1) is 19.8 Å². The van der Waals surface area contributed by atoms with Crippen LogP contribution in [-0.2, 0) is 4.74 Å². The van der Waals surface area contributed by atoms with Crippen LogP contribution < -0.4 is 0 Å². The van der Waals surface area contributed by atoms with Gasteiger partial charge >= 0.3 is 0 Å². The van der Waals surface area contributed by atoms with E-state index in [4.69, 9.17) is 9.84 Å². The quantitative estimate of drug-likeness (QED) is 0.680. The van der Waals surface area contributed by atoms with Gasteiger partial charge in [-0.1, -0.05) is 6.42 Å². The molecule has 14 heavy (non-hydrogen) atoms. The molecule has 1 rings (SSSR count). The average Bonchev–Trinajstić information content (AvgIpc) is 2.16. The van der Waals surface area contributed by atoms with Crippen molar-refractivity contribution in [3.63, 3.8) is 0 Å². The van der Waals surface area contributed by atoms with Crippen molar-refractivity contribution in [3.05, 3.63) is 0 Å². The van der Waals surface area contributed by atoms with Crippen LogP contribution in [0.4, 0.5) is 0 Å². The minimum absolute atomic E-state index is 0.130. The van der Waals surface area contributed by atoms with E-state index in [9.17, 15) is 0 Å². The molecule has 1 fully saturated rings. The van der Waals surface area contributed by atoms with Gasteiger partial charge in [0.2, 0.25) is 0 Å². The molecule has 1 saturated heterocycles. The van der Waals surface area contributed by atoms with Crippen molar-refractivity contribution >= 4 is 0 Å². The van der Waals surface area contributed by atoms with Crippen molar-refractivity contribution in [2.24, 2.45) is 0 Å². The topological polar surface area (TPSA) is 32.7 Å². The van der Waals surface area contributed by atoms with E-state index in [0.29, 0.717) is 18.7 Å². The van der Waals surface area contributed by atoms with E-state index in [-0.39, 0.29) is 6.61 Å². The normalized spacial score (nSPS) is 29.4. The van der Waals surface area contributed by atoms with Crippen LogP contribution in [0.15, 0.2) is 0 Å². The Kier molecular flexibility index (Phi) is 5.45. The molecule has 1 N–H and O–H groups in total. The minimum Gasteiger partial charge on any atom is -0.394 e. The molecule has 0 aliphatic carbocycles. The lowest BCUT2D eigenvalue weighted by Gasteiger charge is -2.38. The third kappa shape index (κ3) is 3.56. The van der Waals surface area contributed by atoms with Crippen molar-refractivity contribution in [2.45, 2.75) is 45.2 Å². The maximum absolute atomic E-state index is 8.57. The molecule has 0 bridgehead atoms. The first kappa shape index (κ1) is 12.0. The molecule has 0 amide bonds. The number of aliphatic hydroxyl groups is 1. The molecule has 1 aliphatic rings. The summed E-state index contributed by atoms with van der Waals surface area (Å²) in [5, 5.41) is 8.57. The highest BCUT2D eigenvalue weighted by molar-refractivity contribution is 4.78. The Hall–Kier alpha value is -0.120. The van der Waals surface area contributed by atoms with Gasteiger partial charge < -0.3 is 9.84 Å². The van der Waals surface area contributed by atoms with Crippen LogP contribution in [0.5, 0.6) is 0 Å². The number of piperidine rings is 1. The fourth-order valence-corrected chi connectivity index (χ4v) is 2.25. The van der Waals surface area contributed by atoms with Crippen LogP contribution in [0.3, 0.4) is 0 Å². The predicted molar refractivity (Wildman–Crippen MR) is 57.4 cm³/mol. The Morgan fingerprint density at radius 3 is 2.43 bits per heavy atom. The average molecular weight is 201 g/mol. The summed E-state index contributed by atoms with van der Waals surface area (Å²) in [6.07, 6.45) is 3.98. The lowest BCUT2D eigenvalue weighted by Crippen LogP contribution is -2.45. The predicted octanol–water partition coefficient (Wildman–Crippen LogP) is 1.26. The zero-order valence-electron chi connectivity index (χ0n) is 9.41. The monoisotopic (exact) mass is 201 g/mol. The van der Waals surface area contributed by atoms with Gasteiger partial charge in [-0.15, -0.1) is 0 Å². The van der Waals surface area contributed by atoms with Gasteiger partial charge in [0.15, 0.2) is 0 Å². The first-order chi connectivity index (χ1) is 6.75. The molecule has 0 saturated carbocycles. The van der Waals surface area contributed by atoms with Crippen LogP contribution in [0.2, 0.25) is 0 Å². The molecule has 3 heteroatoms. The molecular weight excluding hydrogens is 178 g/mol. The van der Waals surface area contributed by atoms with Crippen LogP contribution >= 0.6 is 0 Å². The van der Waals surface area contributed by atoms with E-state index in [1.54, 1.807) is 0 Å². The number of hydrogen-bond donors (Lipinski definition) is 1. The summed E-state index contributed by atoms with van der Waals surface area (Å²) in [7, 11) is 0. The lowest BCUT2D eigenvalue weighted by molar-refractivity contribution is 0.0373. The van der Waals surface area contributed by atoms with Crippen molar-refractivity contribution < 1.29 is 9.84 Å². The van der Waals surface area contributed by atoms with Gasteiger partial charge in [-0.2, -0.15) is 0 Å². The zero-order chi connectivity index (χ0) is 10.4. The lowest BCUT2D eigenvalue weighted by atomic mass is 9.98. The van der Waals surface area contributed by atoms with Crippen LogP contribution in [0.25, 0.3) is 0 Å². The van der Waals surface area contributed by atoms with E-state index in [1.165, 1.54) is 19.3 Å². The summed E-state index contributed by atoms with van der Waals surface area (Å²) in [4.78, 5) is 2.51. The van der Waals surface area contributed by atoms with Crippen molar-refractivity contribution in [2.75, 3.05) is 26.4 Å². The number of ether oxygens (including phenoxy) is 1. The third-order valence-corrected chi connectivity index (χ3v) is 3.11. The van der Waals surface area contributed by atoms with Gasteiger partial charge in [-0.05, 0) is 26.7 Å². The molecule has 0 aromatic rings. The molecule has 0 spiro atoms. The van der Waals surface area contributed by atoms with Gasteiger partial charge in [0, 0.05) is 18.6 Å². The van der Waals surface area contributed by atoms with Crippen LogP contribution in [-0.4, -0.2) is 48.5 Å². The fraction of sp³-hybridized carbons (Fsp3) is 1.00. The summed E-state index contributed by atoms with van der Waals surface area (Å²) in [6, 6.07) is 1.38. The smallest absolute Gasteiger partial charge is 0.0698 e. The maximum atomic E-state index is 8.57. The molecular formula is C11H23NO2. The van der Waals surface area contributed by atoms with Gasteiger partial charge in [-0.25, -0.2) is 0 Å². The fourth-order valence-electron chi connectivity index (χ4n) is 2.25. The highest BCUT2D eigenvalue weighted by atomic mass is 16.5. The van der Waals surface area contributed by atoms with Gasteiger partial charge in [-0.3, -0.25) is 4.90 Å². The van der Waals surface area contributed by atoms with Crippen molar-refractivity contribution in [1.29, 1.82) is 0 Å². The van der Waals surface area contributed by atoms with E-state index in [2.05, 4.69) is 18.7 Å². The van der Waals surface area contributed by atoms with Gasteiger partial charge in [0.1, 0.15) is 0 Å². The second-order valence-corrected chi connectivity index (χ2v) is 4.20. The zero-order valence-corrected chi connectivity index (χ0v) is 9.41. The first-order valence-electron chi connectivity index (χ1n) is 5.70. The Morgan fingerprint density at radius 1 is 1.21 bits per heavy atom. The summed E-state index contributed by atoms with van der Waals surface area (Å²) < 4.78 is 5.29. The summed E-state index contributed by atoms with van der Waals surface area (Å²) in [5.74, 6) is 0. The van der Waals surface area contributed by atoms with E-state index in [0.717, 1.165) is 13.2 Å². The SMILES string of the molecule is C[C@@H]1CCC[C@H](C)N1CCOCCO. The molecule has 0 aromatic carbocycles. The van der Waals surface area contributed by atoms with E-state index >= 15 is 0 Å². The Labute approximate surface area is 87.1 Å². The number of rotatable bonds is 5. The molecule has 0 radical (unpaired) electrons. The molecule has 0 unspecified atom stereocenters. The Bertz CT molecular complexity index is 142. The Morgan fingerprint density at radius 2 is 1.86 bits per heavy atom. The second kappa shape index (κ2) is 6.38.